The Balaban J connectivity index is 0.791. The third kappa shape index (κ3) is 17.3. The number of benzene rings is 2. The molecule has 16 heteroatoms. The largest absolute Gasteiger partial charge is 0.439 e. The lowest BCUT2D eigenvalue weighted by Gasteiger charge is -2.16. The number of amides is 3. The Morgan fingerprint density at radius 1 is 0.721 bits per heavy atom. The van der Waals surface area contributed by atoms with Crippen LogP contribution in [-0.2, 0) is 33.2 Å². The van der Waals surface area contributed by atoms with Crippen molar-refractivity contribution in [3.8, 4) is 11.6 Å². The molecule has 0 unspecified atom stereocenters. The van der Waals surface area contributed by atoms with E-state index in [2.05, 4.69) is 15.6 Å². The molecule has 2 aliphatic rings. The summed E-state index contributed by atoms with van der Waals surface area (Å²) in [7, 11) is 0. The fourth-order valence-electron chi connectivity index (χ4n) is 6.65. The average molecular weight is 845 g/mol. The summed E-state index contributed by atoms with van der Waals surface area (Å²) in [6, 6.07) is 17.2. The Bertz CT molecular complexity index is 1870. The van der Waals surface area contributed by atoms with E-state index in [-0.39, 0.29) is 35.6 Å². The summed E-state index contributed by atoms with van der Waals surface area (Å²) in [4.78, 5) is 40.5. The molecule has 1 heterocycles. The number of aromatic nitrogens is 1. The molecule has 3 amide bonds. The second-order valence-corrected chi connectivity index (χ2v) is 15.0. The van der Waals surface area contributed by atoms with Crippen LogP contribution in [0.3, 0.4) is 0 Å². The van der Waals surface area contributed by atoms with E-state index in [4.69, 9.17) is 50.0 Å². The number of anilines is 1. The zero-order valence-electron chi connectivity index (χ0n) is 35.0. The number of carbonyl (C=O) groups is 3. The second kappa shape index (κ2) is 25.5. The maximum Gasteiger partial charge on any atom is 0.251 e. The first-order chi connectivity index (χ1) is 29.7. The molecule has 3 aromatic rings. The van der Waals surface area contributed by atoms with Gasteiger partial charge in [0.15, 0.2) is 0 Å². The number of ether oxygens (including phenoxy) is 7. The molecule has 0 radical (unpaired) electrons. The third-order valence-corrected chi connectivity index (χ3v) is 10.0. The van der Waals surface area contributed by atoms with Gasteiger partial charge in [-0.15, -0.1) is 0 Å². The molecule has 1 aromatic heterocycles. The van der Waals surface area contributed by atoms with Crippen LogP contribution in [0.15, 0.2) is 72.6 Å². The van der Waals surface area contributed by atoms with Crippen LogP contribution in [0.2, 0.25) is 0 Å². The SMILES string of the molecule is C/C(N)=C(/C(=N)COCCOCCOCCOCCOCCOCCNC(=O)c1cccc(Oc2ccc(C(N)=O)cn2)c1)c1ccc(NC(=O)CC(C2CC2)C2CC2)cc1. The van der Waals surface area contributed by atoms with Crippen molar-refractivity contribution in [3.63, 3.8) is 0 Å². The molecule has 0 spiro atoms. The maximum atomic E-state index is 12.7. The highest BCUT2D eigenvalue weighted by Gasteiger charge is 2.42. The van der Waals surface area contributed by atoms with Gasteiger partial charge in [0, 0.05) is 47.7 Å². The van der Waals surface area contributed by atoms with Gasteiger partial charge >= 0.3 is 0 Å². The monoisotopic (exact) mass is 844 g/mol. The number of nitrogens with two attached hydrogens (primary N) is 2. The molecule has 0 saturated heterocycles. The molecular weight excluding hydrogens is 785 g/mol. The minimum atomic E-state index is -0.580. The Morgan fingerprint density at radius 3 is 1.80 bits per heavy atom. The van der Waals surface area contributed by atoms with Crippen LogP contribution >= 0.6 is 0 Å². The van der Waals surface area contributed by atoms with Gasteiger partial charge in [-0.25, -0.2) is 4.98 Å². The molecule has 2 saturated carbocycles. The molecule has 2 fully saturated rings. The average Bonchev–Trinajstić information content (AvgIpc) is 4.19. The molecule has 0 aliphatic heterocycles. The third-order valence-electron chi connectivity index (χ3n) is 10.0. The number of pyridine rings is 1. The van der Waals surface area contributed by atoms with Crippen LogP contribution in [0.4, 0.5) is 5.69 Å². The number of nitrogens with zero attached hydrogens (tertiary/aromatic N) is 1. The predicted molar refractivity (Wildman–Crippen MR) is 230 cm³/mol. The first-order valence-electron chi connectivity index (χ1n) is 20.9. The van der Waals surface area contributed by atoms with Gasteiger partial charge in [0.1, 0.15) is 5.75 Å². The summed E-state index contributed by atoms with van der Waals surface area (Å²) >= 11 is 0. The number of hydrogen-bond acceptors (Lipinski definition) is 13. The molecule has 5 rings (SSSR count). The molecule has 7 N–H and O–H groups in total. The van der Waals surface area contributed by atoms with Crippen molar-refractivity contribution in [1.82, 2.24) is 10.3 Å². The number of carbonyl (C=O) groups excluding carboxylic acids is 3. The summed E-state index contributed by atoms with van der Waals surface area (Å²) in [5, 5.41) is 14.4. The van der Waals surface area contributed by atoms with E-state index >= 15 is 0 Å². The van der Waals surface area contributed by atoms with E-state index in [0.29, 0.717) is 114 Å². The van der Waals surface area contributed by atoms with Crippen molar-refractivity contribution in [2.24, 2.45) is 29.2 Å². The fourth-order valence-corrected chi connectivity index (χ4v) is 6.65. The van der Waals surface area contributed by atoms with E-state index in [1.54, 1.807) is 31.2 Å². The summed E-state index contributed by atoms with van der Waals surface area (Å²) < 4.78 is 39.0. The highest BCUT2D eigenvalue weighted by molar-refractivity contribution is 6.23. The van der Waals surface area contributed by atoms with Crippen molar-refractivity contribution >= 4 is 34.7 Å². The topological polar surface area (TPSA) is 229 Å². The minimum absolute atomic E-state index is 0.0737. The zero-order valence-corrected chi connectivity index (χ0v) is 35.0. The van der Waals surface area contributed by atoms with Crippen molar-refractivity contribution in [2.45, 2.75) is 39.0 Å². The van der Waals surface area contributed by atoms with Crippen LogP contribution in [0.5, 0.6) is 11.6 Å². The van der Waals surface area contributed by atoms with Gasteiger partial charge in [-0.1, -0.05) is 18.2 Å². The molecule has 0 atom stereocenters. The van der Waals surface area contributed by atoms with Crippen molar-refractivity contribution < 1.29 is 47.5 Å². The second-order valence-electron chi connectivity index (χ2n) is 15.0. The van der Waals surface area contributed by atoms with E-state index in [0.717, 1.165) is 23.1 Å². The summed E-state index contributed by atoms with van der Waals surface area (Å²) in [6.07, 6.45) is 6.97. The first-order valence-corrected chi connectivity index (χ1v) is 20.9. The van der Waals surface area contributed by atoms with Gasteiger partial charge in [0.05, 0.1) is 90.6 Å². The first kappa shape index (κ1) is 46.8. The van der Waals surface area contributed by atoms with E-state index in [9.17, 15) is 14.4 Å². The maximum absolute atomic E-state index is 12.7. The normalized spacial score (nSPS) is 14.1. The summed E-state index contributed by atoms with van der Waals surface area (Å²) in [5.74, 6) is 1.91. The smallest absolute Gasteiger partial charge is 0.251 e. The van der Waals surface area contributed by atoms with Crippen LogP contribution in [0.1, 0.15) is 65.3 Å². The molecule has 16 nitrogen and oxygen atoms in total. The van der Waals surface area contributed by atoms with Crippen LogP contribution in [0, 0.1) is 23.2 Å². The molecule has 2 aromatic carbocycles. The van der Waals surface area contributed by atoms with Crippen LogP contribution in [-0.4, -0.2) is 114 Å². The fraction of sp³-hybridized carbons (Fsp3) is 0.489. The highest BCUT2D eigenvalue weighted by atomic mass is 16.6. The summed E-state index contributed by atoms with van der Waals surface area (Å²) in [6.45, 7) is 6.47. The van der Waals surface area contributed by atoms with Crippen molar-refractivity contribution in [3.05, 3.63) is 89.2 Å². The van der Waals surface area contributed by atoms with Crippen molar-refractivity contribution in [1.29, 1.82) is 5.41 Å². The Labute approximate surface area is 357 Å². The van der Waals surface area contributed by atoms with Crippen molar-refractivity contribution in [2.75, 3.05) is 91.1 Å². The van der Waals surface area contributed by atoms with E-state index < -0.39 is 5.91 Å². The quantitative estimate of drug-likeness (QED) is 0.0427. The lowest BCUT2D eigenvalue weighted by Crippen LogP contribution is -2.27. The lowest BCUT2D eigenvalue weighted by molar-refractivity contribution is -0.117. The van der Waals surface area contributed by atoms with E-state index in [1.807, 2.05) is 24.3 Å². The van der Waals surface area contributed by atoms with E-state index in [1.165, 1.54) is 44.0 Å². The molecule has 61 heavy (non-hydrogen) atoms. The molecular formula is C45H60N6O10. The Morgan fingerprint density at radius 2 is 1.28 bits per heavy atom. The van der Waals surface area contributed by atoms with Gasteiger partial charge in [0.25, 0.3) is 5.91 Å². The minimum Gasteiger partial charge on any atom is -0.439 e. The van der Waals surface area contributed by atoms with Crippen LogP contribution in [0.25, 0.3) is 5.57 Å². The molecule has 0 bridgehead atoms. The zero-order chi connectivity index (χ0) is 43.2. The Hall–Kier alpha value is -5.23. The standard InChI is InChI=1S/C45H60N6O10/c1-31(46)43(34-9-12-37(13-10-34)51-41(52)28-39(32-5-6-32)33-7-8-33)40(47)30-60-26-25-59-24-23-58-22-21-57-20-19-56-18-17-55-16-15-49-45(54)35-3-2-4-38(27-35)61-42-14-11-36(29-50-42)44(48)53/h2-4,9-14,27,29,32-33,39,47H,5-8,15-26,28,30,46H2,1H3,(H2,48,53)(H,49,54)(H,51,52)/b43-31-,47-40?. The molecule has 2 aliphatic carbocycles. The predicted octanol–water partition coefficient (Wildman–Crippen LogP) is 4.98. The van der Waals surface area contributed by atoms with Gasteiger partial charge in [0.2, 0.25) is 17.7 Å². The number of hydrogen-bond donors (Lipinski definition) is 5. The number of nitrogens with one attached hydrogen (secondary N) is 3. The molecule has 330 valence electrons. The number of primary amides is 1. The summed E-state index contributed by atoms with van der Waals surface area (Å²) in [5.41, 5.74) is 15.0. The van der Waals surface area contributed by atoms with Gasteiger partial charge < -0.3 is 60.7 Å². The number of allylic oxidation sites excluding steroid dienone is 1. The van der Waals surface area contributed by atoms with Gasteiger partial charge in [-0.2, -0.15) is 0 Å². The van der Waals surface area contributed by atoms with Gasteiger partial charge in [-0.3, -0.25) is 14.4 Å². The lowest BCUT2D eigenvalue weighted by atomic mass is 9.93. The van der Waals surface area contributed by atoms with Gasteiger partial charge in [-0.05, 0) is 92.3 Å². The van der Waals surface area contributed by atoms with Crippen LogP contribution < -0.4 is 26.8 Å². The highest BCUT2D eigenvalue weighted by Crippen LogP contribution is 2.50. The number of rotatable bonds is 31. The Kier molecular flexibility index (Phi) is 19.6.